The van der Waals surface area contributed by atoms with E-state index in [2.05, 4.69) is 22.5 Å². The van der Waals surface area contributed by atoms with Gasteiger partial charge in [-0.05, 0) is 19.5 Å². The molecule has 0 saturated heterocycles. The van der Waals surface area contributed by atoms with Crippen molar-refractivity contribution in [3.05, 3.63) is 23.9 Å². The predicted octanol–water partition coefficient (Wildman–Crippen LogP) is 0.308. The second-order valence-corrected chi connectivity index (χ2v) is 3.63. The van der Waals surface area contributed by atoms with Crippen LogP contribution < -0.4 is 16.0 Å². The zero-order valence-electron chi connectivity index (χ0n) is 10.7. The van der Waals surface area contributed by atoms with Crippen molar-refractivity contribution in [3.8, 4) is 0 Å². The number of hydrogen-bond acceptors (Lipinski definition) is 3. The Morgan fingerprint density at radius 3 is 2.41 bits per heavy atom. The van der Waals surface area contributed by atoms with Gasteiger partial charge in [0.1, 0.15) is 0 Å². The summed E-state index contributed by atoms with van der Waals surface area (Å²) in [5.74, 6) is -0.378. The van der Waals surface area contributed by atoms with Crippen LogP contribution in [0.3, 0.4) is 0 Å². The number of hydrogen-bond donors (Lipinski definition) is 3. The third-order valence-corrected chi connectivity index (χ3v) is 2.00. The van der Waals surface area contributed by atoms with Gasteiger partial charge >= 0.3 is 0 Å². The van der Waals surface area contributed by atoms with E-state index in [1.165, 1.54) is 6.08 Å². The molecule has 0 saturated carbocycles. The molecule has 0 fully saturated rings. The Balaban J connectivity index is 4.42. The molecule has 2 amide bonds. The highest BCUT2D eigenvalue weighted by molar-refractivity contribution is 5.90. The Morgan fingerprint density at radius 1 is 1.29 bits per heavy atom. The fraction of sp³-hybridized carbons (Fsp3) is 0.500. The smallest absolute Gasteiger partial charge is 0.246 e. The molecule has 0 radical (unpaired) electrons. The number of allylic oxidation sites excluding steroid dienone is 1. The molecular weight excluding hydrogens is 218 g/mol. The Morgan fingerprint density at radius 2 is 1.94 bits per heavy atom. The lowest BCUT2D eigenvalue weighted by molar-refractivity contribution is -0.120. The summed E-state index contributed by atoms with van der Waals surface area (Å²) >= 11 is 0. The zero-order chi connectivity index (χ0) is 13.3. The fourth-order valence-electron chi connectivity index (χ4n) is 0.997. The Bertz CT molecular complexity index is 322. The first kappa shape index (κ1) is 15.4. The molecule has 0 heterocycles. The molecule has 0 rings (SSSR count). The van der Waals surface area contributed by atoms with Crippen molar-refractivity contribution in [2.24, 2.45) is 0 Å². The molecule has 0 spiro atoms. The van der Waals surface area contributed by atoms with Crippen LogP contribution in [0.25, 0.3) is 0 Å². The fourth-order valence-corrected chi connectivity index (χ4v) is 0.997. The molecule has 0 bridgehead atoms. The average Bonchev–Trinajstić information content (AvgIpc) is 2.28. The number of rotatable bonds is 7. The Kier molecular flexibility index (Phi) is 7.71. The normalized spacial score (nSPS) is 10.9. The maximum atomic E-state index is 11.5. The van der Waals surface area contributed by atoms with E-state index in [9.17, 15) is 9.59 Å². The van der Waals surface area contributed by atoms with Gasteiger partial charge in [0, 0.05) is 31.3 Å². The Labute approximate surface area is 102 Å². The third kappa shape index (κ3) is 7.30. The highest BCUT2D eigenvalue weighted by atomic mass is 16.2. The number of carbonyl (C=O) groups is 2. The second kappa shape index (κ2) is 8.52. The lowest BCUT2D eigenvalue weighted by atomic mass is 10.2. The van der Waals surface area contributed by atoms with E-state index in [-0.39, 0.29) is 11.8 Å². The third-order valence-electron chi connectivity index (χ3n) is 2.00. The van der Waals surface area contributed by atoms with Crippen LogP contribution in [0.2, 0.25) is 0 Å². The van der Waals surface area contributed by atoms with Gasteiger partial charge < -0.3 is 16.0 Å². The van der Waals surface area contributed by atoms with E-state index in [0.717, 1.165) is 0 Å². The molecule has 3 N–H and O–H groups in total. The molecule has 5 nitrogen and oxygen atoms in total. The maximum absolute atomic E-state index is 11.5. The van der Waals surface area contributed by atoms with Crippen LogP contribution in [0.15, 0.2) is 23.9 Å². The largest absolute Gasteiger partial charge is 0.351 e. The molecule has 0 atom stereocenters. The molecule has 0 unspecified atom stereocenters. The predicted molar refractivity (Wildman–Crippen MR) is 68.3 cm³/mol. The van der Waals surface area contributed by atoms with Gasteiger partial charge in [-0.15, -0.1) is 0 Å². The van der Waals surface area contributed by atoms with Crippen molar-refractivity contribution < 1.29 is 9.59 Å². The van der Waals surface area contributed by atoms with E-state index in [0.29, 0.717) is 30.8 Å². The van der Waals surface area contributed by atoms with Crippen LogP contribution in [0.1, 0.15) is 20.3 Å². The van der Waals surface area contributed by atoms with Crippen molar-refractivity contribution >= 4 is 11.8 Å². The summed E-state index contributed by atoms with van der Waals surface area (Å²) in [6.07, 6.45) is 1.72. The van der Waals surface area contributed by atoms with E-state index >= 15 is 0 Å². The van der Waals surface area contributed by atoms with E-state index < -0.39 is 0 Å². The number of likely N-dealkylation sites (N-methyl/N-ethyl adjacent to an activating group) is 1. The van der Waals surface area contributed by atoms with Gasteiger partial charge in [0.05, 0.1) is 0 Å². The first-order valence-electron chi connectivity index (χ1n) is 5.61. The molecule has 5 heteroatoms. The minimum atomic E-state index is -0.241. The summed E-state index contributed by atoms with van der Waals surface area (Å²) in [5, 5.41) is 8.24. The van der Waals surface area contributed by atoms with Crippen LogP contribution in [-0.2, 0) is 9.59 Å². The number of nitrogens with one attached hydrogen (secondary N) is 3. The summed E-state index contributed by atoms with van der Waals surface area (Å²) < 4.78 is 0. The van der Waals surface area contributed by atoms with Crippen LogP contribution in [0, 0.1) is 0 Å². The molecule has 96 valence electrons. The van der Waals surface area contributed by atoms with Gasteiger partial charge in [0.2, 0.25) is 11.8 Å². The summed E-state index contributed by atoms with van der Waals surface area (Å²) in [6.45, 7) is 8.44. The van der Waals surface area contributed by atoms with Crippen LogP contribution in [0.5, 0.6) is 0 Å². The lowest BCUT2D eigenvalue weighted by Crippen LogP contribution is -2.31. The minimum Gasteiger partial charge on any atom is -0.351 e. The number of carbonyl (C=O) groups excluding carboxylic acids is 2. The standard InChI is InChI=1S/C12H21N3O2/c1-5-11(16)15-10(9(2)3)8-12(17)14-7-6-13-4/h8,13H,2,5-7H2,1,3-4H3,(H,14,17)(H,15,16). The van der Waals surface area contributed by atoms with Crippen molar-refractivity contribution in [1.29, 1.82) is 0 Å². The Hall–Kier alpha value is -1.62. The molecule has 0 aromatic heterocycles. The van der Waals surface area contributed by atoms with Gasteiger partial charge in [0.25, 0.3) is 0 Å². The first-order valence-corrected chi connectivity index (χ1v) is 5.61. The molecular formula is C12H21N3O2. The van der Waals surface area contributed by atoms with Crippen LogP contribution in [0.4, 0.5) is 0 Å². The van der Waals surface area contributed by atoms with Gasteiger partial charge in [0.15, 0.2) is 0 Å². The molecule has 0 aromatic carbocycles. The minimum absolute atomic E-state index is 0.137. The quantitative estimate of drug-likeness (QED) is 0.340. The lowest BCUT2D eigenvalue weighted by Gasteiger charge is -2.09. The molecule has 17 heavy (non-hydrogen) atoms. The maximum Gasteiger partial charge on any atom is 0.246 e. The topological polar surface area (TPSA) is 70.2 Å². The van der Waals surface area contributed by atoms with Crippen molar-refractivity contribution in [3.63, 3.8) is 0 Å². The van der Waals surface area contributed by atoms with Gasteiger partial charge in [-0.3, -0.25) is 9.59 Å². The second-order valence-electron chi connectivity index (χ2n) is 3.63. The molecule has 0 aromatic rings. The van der Waals surface area contributed by atoms with E-state index in [1.54, 1.807) is 13.8 Å². The van der Waals surface area contributed by atoms with Crippen molar-refractivity contribution in [2.45, 2.75) is 20.3 Å². The zero-order valence-corrected chi connectivity index (χ0v) is 10.7. The highest BCUT2D eigenvalue weighted by Gasteiger charge is 2.05. The van der Waals surface area contributed by atoms with Gasteiger partial charge in [-0.1, -0.05) is 13.5 Å². The SMILES string of the molecule is C=C(C)C(=CC(=O)NCCNC)NC(=O)CC. The van der Waals surface area contributed by atoms with Crippen molar-refractivity contribution in [1.82, 2.24) is 16.0 Å². The summed E-state index contributed by atoms with van der Waals surface area (Å²) in [7, 11) is 1.81. The summed E-state index contributed by atoms with van der Waals surface area (Å²) in [4.78, 5) is 22.7. The van der Waals surface area contributed by atoms with E-state index in [4.69, 9.17) is 0 Å². The highest BCUT2D eigenvalue weighted by Crippen LogP contribution is 2.02. The first-order chi connectivity index (χ1) is 8.01. The number of amides is 2. The summed E-state index contributed by atoms with van der Waals surface area (Å²) in [6, 6.07) is 0. The van der Waals surface area contributed by atoms with Gasteiger partial charge in [-0.2, -0.15) is 0 Å². The average molecular weight is 239 g/mol. The molecule has 0 aliphatic heterocycles. The monoisotopic (exact) mass is 239 g/mol. The van der Waals surface area contributed by atoms with Crippen LogP contribution >= 0.6 is 0 Å². The van der Waals surface area contributed by atoms with Crippen molar-refractivity contribution in [2.75, 3.05) is 20.1 Å². The molecule has 0 aliphatic rings. The summed E-state index contributed by atoms with van der Waals surface area (Å²) in [5.41, 5.74) is 1.11. The van der Waals surface area contributed by atoms with Gasteiger partial charge in [-0.25, -0.2) is 0 Å². The van der Waals surface area contributed by atoms with E-state index in [1.807, 2.05) is 7.05 Å². The van der Waals surface area contributed by atoms with Crippen LogP contribution in [-0.4, -0.2) is 32.0 Å². The molecule has 0 aliphatic carbocycles.